The zero-order valence-electron chi connectivity index (χ0n) is 12.5. The highest BCUT2D eigenvalue weighted by atomic mass is 35.5. The van der Waals surface area contributed by atoms with Gasteiger partial charge in [0.1, 0.15) is 6.07 Å². The Morgan fingerprint density at radius 1 is 1.26 bits per heavy atom. The molecule has 1 unspecified atom stereocenters. The van der Waals surface area contributed by atoms with Crippen molar-refractivity contribution >= 4 is 29.1 Å². The van der Waals surface area contributed by atoms with Gasteiger partial charge in [-0.05, 0) is 37.5 Å². The van der Waals surface area contributed by atoms with Crippen LogP contribution in [-0.4, -0.2) is 41.9 Å². The Morgan fingerprint density at radius 3 is 2.70 bits per heavy atom. The van der Waals surface area contributed by atoms with E-state index >= 15 is 0 Å². The molecular formula is C16H17ClN4O2. The largest absolute Gasteiger partial charge is 0.344 e. The number of nitriles is 1. The molecule has 2 amide bonds. The lowest BCUT2D eigenvalue weighted by atomic mass is 10.2. The van der Waals surface area contributed by atoms with Crippen LogP contribution in [0.4, 0.5) is 5.69 Å². The highest BCUT2D eigenvalue weighted by Gasteiger charge is 2.35. The van der Waals surface area contributed by atoms with Crippen molar-refractivity contribution in [3.05, 3.63) is 28.8 Å². The van der Waals surface area contributed by atoms with E-state index in [0.29, 0.717) is 17.3 Å². The summed E-state index contributed by atoms with van der Waals surface area (Å²) >= 11 is 5.90. The van der Waals surface area contributed by atoms with Gasteiger partial charge in [0.15, 0.2) is 0 Å². The Hall–Kier alpha value is -2.10. The first-order chi connectivity index (χ1) is 11.1. The fourth-order valence-corrected chi connectivity index (χ4v) is 3.02. The molecule has 7 heteroatoms. The smallest absolute Gasteiger partial charge is 0.313 e. The fourth-order valence-electron chi connectivity index (χ4n) is 2.80. The fraction of sp³-hybridized carbons (Fsp3) is 0.438. The van der Waals surface area contributed by atoms with Gasteiger partial charge >= 0.3 is 11.8 Å². The zero-order chi connectivity index (χ0) is 16.4. The second-order valence-corrected chi connectivity index (χ2v) is 6.35. The molecule has 0 bridgehead atoms. The molecule has 6 nitrogen and oxygen atoms in total. The van der Waals surface area contributed by atoms with E-state index in [1.54, 1.807) is 6.07 Å². The van der Waals surface area contributed by atoms with Crippen LogP contribution in [0.1, 0.15) is 24.8 Å². The quantitative estimate of drug-likeness (QED) is 0.821. The van der Waals surface area contributed by atoms with Gasteiger partial charge in [0.2, 0.25) is 0 Å². The number of nitrogens with one attached hydrogen (secondary N) is 2. The van der Waals surface area contributed by atoms with Gasteiger partial charge < -0.3 is 10.6 Å². The summed E-state index contributed by atoms with van der Waals surface area (Å²) < 4.78 is 0. The van der Waals surface area contributed by atoms with Gasteiger partial charge in [-0.1, -0.05) is 11.6 Å². The number of halogens is 1. The van der Waals surface area contributed by atoms with Gasteiger partial charge in [-0.25, -0.2) is 0 Å². The summed E-state index contributed by atoms with van der Waals surface area (Å²) in [5, 5.41) is 14.3. The lowest BCUT2D eigenvalue weighted by Gasteiger charge is -2.15. The van der Waals surface area contributed by atoms with Crippen molar-refractivity contribution in [3.8, 4) is 6.07 Å². The van der Waals surface area contributed by atoms with E-state index in [1.807, 2.05) is 6.07 Å². The number of amides is 2. The summed E-state index contributed by atoms with van der Waals surface area (Å²) in [5.74, 6) is -1.37. The highest BCUT2D eigenvalue weighted by Crippen LogP contribution is 2.29. The van der Waals surface area contributed by atoms with Gasteiger partial charge in [0, 0.05) is 30.9 Å². The van der Waals surface area contributed by atoms with Crippen LogP contribution < -0.4 is 10.6 Å². The minimum absolute atomic E-state index is 0.0263. The number of carbonyl (C=O) groups excluding carboxylic acids is 2. The van der Waals surface area contributed by atoms with Crippen LogP contribution in [0.3, 0.4) is 0 Å². The number of likely N-dealkylation sites (tertiary alicyclic amines) is 1. The Morgan fingerprint density at radius 2 is 2.04 bits per heavy atom. The first-order valence-electron chi connectivity index (χ1n) is 7.62. The van der Waals surface area contributed by atoms with Crippen molar-refractivity contribution < 1.29 is 9.59 Å². The van der Waals surface area contributed by atoms with E-state index < -0.39 is 11.8 Å². The number of rotatable bonds is 3. The number of carbonyl (C=O) groups is 2. The Bertz CT molecular complexity index is 681. The van der Waals surface area contributed by atoms with Gasteiger partial charge in [0.05, 0.1) is 10.6 Å². The van der Waals surface area contributed by atoms with E-state index in [-0.39, 0.29) is 11.1 Å². The van der Waals surface area contributed by atoms with Gasteiger partial charge in [-0.3, -0.25) is 14.5 Å². The highest BCUT2D eigenvalue weighted by molar-refractivity contribution is 6.40. The average Bonchev–Trinajstić information content (AvgIpc) is 3.27. The second kappa shape index (κ2) is 6.57. The summed E-state index contributed by atoms with van der Waals surface area (Å²) in [6.45, 7) is 1.79. The minimum Gasteiger partial charge on any atom is -0.344 e. The molecule has 2 N–H and O–H groups in total. The molecule has 23 heavy (non-hydrogen) atoms. The average molecular weight is 333 g/mol. The van der Waals surface area contributed by atoms with Crippen molar-refractivity contribution in [2.24, 2.45) is 0 Å². The number of hydrogen-bond donors (Lipinski definition) is 2. The van der Waals surface area contributed by atoms with Crippen LogP contribution >= 0.6 is 11.6 Å². The summed E-state index contributed by atoms with van der Waals surface area (Å²) in [6.07, 6.45) is 3.35. The molecule has 1 aliphatic heterocycles. The molecule has 0 spiro atoms. The first-order valence-corrected chi connectivity index (χ1v) is 8.00. The Kier molecular flexibility index (Phi) is 4.51. The third-order valence-corrected chi connectivity index (χ3v) is 4.48. The van der Waals surface area contributed by atoms with Crippen LogP contribution in [0.25, 0.3) is 0 Å². The molecule has 1 aromatic rings. The van der Waals surface area contributed by atoms with Crippen LogP contribution in [0.2, 0.25) is 5.02 Å². The summed E-state index contributed by atoms with van der Waals surface area (Å²) in [4.78, 5) is 26.3. The van der Waals surface area contributed by atoms with Crippen LogP contribution in [0.5, 0.6) is 0 Å². The molecule has 1 aromatic carbocycles. The van der Waals surface area contributed by atoms with Crippen LogP contribution in [0.15, 0.2) is 18.2 Å². The molecule has 1 saturated heterocycles. The third kappa shape index (κ3) is 3.81. The Balaban J connectivity index is 1.52. The molecule has 3 rings (SSSR count). The van der Waals surface area contributed by atoms with Crippen LogP contribution in [-0.2, 0) is 9.59 Å². The number of benzene rings is 1. The molecule has 1 atom stereocenters. The van der Waals surface area contributed by atoms with E-state index in [1.165, 1.54) is 25.0 Å². The van der Waals surface area contributed by atoms with E-state index in [9.17, 15) is 9.59 Å². The van der Waals surface area contributed by atoms with Crippen molar-refractivity contribution in [2.45, 2.75) is 31.3 Å². The van der Waals surface area contributed by atoms with Crippen LogP contribution in [0, 0.1) is 11.3 Å². The van der Waals surface area contributed by atoms with E-state index in [4.69, 9.17) is 16.9 Å². The number of hydrogen-bond acceptors (Lipinski definition) is 4. The van der Waals surface area contributed by atoms with E-state index in [2.05, 4.69) is 15.5 Å². The normalized spacial score (nSPS) is 20.8. The maximum absolute atomic E-state index is 12.0. The summed E-state index contributed by atoms with van der Waals surface area (Å²) in [6, 6.07) is 7.13. The molecule has 120 valence electrons. The van der Waals surface area contributed by atoms with E-state index in [0.717, 1.165) is 19.5 Å². The minimum atomic E-state index is -0.726. The maximum Gasteiger partial charge on any atom is 0.313 e. The van der Waals surface area contributed by atoms with Gasteiger partial charge in [-0.2, -0.15) is 5.26 Å². The number of anilines is 1. The molecule has 2 fully saturated rings. The molecule has 1 heterocycles. The zero-order valence-corrected chi connectivity index (χ0v) is 13.3. The lowest BCUT2D eigenvalue weighted by Crippen LogP contribution is -2.43. The molecule has 2 aliphatic rings. The molecule has 1 saturated carbocycles. The monoisotopic (exact) mass is 332 g/mol. The van der Waals surface area contributed by atoms with Gasteiger partial charge in [0.25, 0.3) is 0 Å². The first kappa shape index (κ1) is 15.8. The SMILES string of the molecule is N#Cc1ccc(NC(=O)C(=O)NC2CCN(C3CC3)C2)cc1Cl. The predicted octanol–water partition coefficient (Wildman–Crippen LogP) is 1.50. The maximum atomic E-state index is 12.0. The topological polar surface area (TPSA) is 85.2 Å². The predicted molar refractivity (Wildman–Crippen MR) is 85.9 cm³/mol. The van der Waals surface area contributed by atoms with Crippen molar-refractivity contribution in [2.75, 3.05) is 18.4 Å². The lowest BCUT2D eigenvalue weighted by molar-refractivity contribution is -0.136. The molecule has 0 radical (unpaired) electrons. The third-order valence-electron chi connectivity index (χ3n) is 4.17. The van der Waals surface area contributed by atoms with Gasteiger partial charge in [-0.15, -0.1) is 0 Å². The van der Waals surface area contributed by atoms with Crippen molar-refractivity contribution in [1.82, 2.24) is 10.2 Å². The molecule has 0 aromatic heterocycles. The standard InChI is InChI=1S/C16H17ClN4O2/c17-14-7-11(2-1-10(14)8-18)19-15(22)16(23)20-12-5-6-21(9-12)13-3-4-13/h1-2,7,12-13H,3-6,9H2,(H,19,22)(H,20,23). The number of nitrogens with zero attached hydrogens (tertiary/aromatic N) is 2. The summed E-state index contributed by atoms with van der Waals surface area (Å²) in [7, 11) is 0. The molecular weight excluding hydrogens is 316 g/mol. The second-order valence-electron chi connectivity index (χ2n) is 5.95. The summed E-state index contributed by atoms with van der Waals surface area (Å²) in [5.41, 5.74) is 0.709. The van der Waals surface area contributed by atoms with Crippen molar-refractivity contribution in [1.29, 1.82) is 5.26 Å². The Labute approximate surface area is 139 Å². The molecule has 1 aliphatic carbocycles. The van der Waals surface area contributed by atoms with Crippen molar-refractivity contribution in [3.63, 3.8) is 0 Å².